The zero-order valence-corrected chi connectivity index (χ0v) is 29.5. The Morgan fingerprint density at radius 3 is 2.20 bits per heavy atom. The quantitative estimate of drug-likeness (QED) is 0.0861. The van der Waals surface area contributed by atoms with Crippen molar-refractivity contribution in [3.05, 3.63) is 149 Å². The molecule has 0 unspecified atom stereocenters. The number of benzene rings is 5. The molecular formula is C41H40N4O4S. The van der Waals surface area contributed by atoms with Gasteiger partial charge in [0.15, 0.2) is 0 Å². The van der Waals surface area contributed by atoms with E-state index in [1.54, 1.807) is 43.5 Å². The predicted octanol–water partition coefficient (Wildman–Crippen LogP) is 9.86. The molecule has 9 heteroatoms. The van der Waals surface area contributed by atoms with Crippen LogP contribution in [-0.4, -0.2) is 26.3 Å². The molecule has 5 aromatic rings. The van der Waals surface area contributed by atoms with Crippen molar-refractivity contribution in [3.63, 3.8) is 0 Å². The number of nitrogens with one attached hydrogen (secondary N) is 3. The van der Waals surface area contributed by atoms with Gasteiger partial charge in [-0.25, -0.2) is 8.42 Å². The van der Waals surface area contributed by atoms with Gasteiger partial charge >= 0.3 is 0 Å². The second-order valence-electron chi connectivity index (χ2n) is 12.5. The van der Waals surface area contributed by atoms with Gasteiger partial charge in [0.05, 0.1) is 12.0 Å². The molecule has 0 aliphatic heterocycles. The van der Waals surface area contributed by atoms with Gasteiger partial charge in [-0.05, 0) is 132 Å². The number of phenols is 1. The largest absolute Gasteiger partial charge is 0.505 e. The molecule has 0 aromatic heterocycles. The van der Waals surface area contributed by atoms with Gasteiger partial charge in [0.2, 0.25) is 0 Å². The normalized spacial score (nSPS) is 14.8. The monoisotopic (exact) mass is 684 g/mol. The molecule has 0 fully saturated rings. The maximum atomic E-state index is 13.0. The highest BCUT2D eigenvalue weighted by atomic mass is 32.2. The van der Waals surface area contributed by atoms with E-state index in [2.05, 4.69) is 34.4 Å². The molecule has 0 heterocycles. The van der Waals surface area contributed by atoms with Crippen LogP contribution in [0.25, 0.3) is 16.8 Å². The number of ether oxygens (including phenoxy) is 1. The van der Waals surface area contributed by atoms with E-state index < -0.39 is 10.0 Å². The molecule has 4 N–H and O–H groups in total. The zero-order chi connectivity index (χ0) is 35.4. The van der Waals surface area contributed by atoms with Gasteiger partial charge in [0.25, 0.3) is 10.0 Å². The lowest BCUT2D eigenvalue weighted by atomic mass is 9.96. The lowest BCUT2D eigenvalue weighted by molar-refractivity contribution is 0.315. The highest BCUT2D eigenvalue weighted by Gasteiger charge is 2.18. The zero-order valence-electron chi connectivity index (χ0n) is 28.7. The highest BCUT2D eigenvalue weighted by molar-refractivity contribution is 7.92. The number of hydrogen-bond acceptors (Lipinski definition) is 7. The van der Waals surface area contributed by atoms with Crippen molar-refractivity contribution in [2.75, 3.05) is 22.6 Å². The van der Waals surface area contributed by atoms with E-state index in [1.807, 2.05) is 98.8 Å². The molecule has 0 spiro atoms. The summed E-state index contributed by atoms with van der Waals surface area (Å²) in [7, 11) is -2.17. The van der Waals surface area contributed by atoms with Crippen LogP contribution in [0, 0.1) is 6.92 Å². The first-order valence-corrected chi connectivity index (χ1v) is 17.8. The molecule has 1 aliphatic rings. The van der Waals surface area contributed by atoms with E-state index >= 15 is 0 Å². The third kappa shape index (κ3) is 7.58. The topological polar surface area (TPSA) is 112 Å². The first kappa shape index (κ1) is 34.1. The molecule has 0 atom stereocenters. The van der Waals surface area contributed by atoms with Crippen LogP contribution in [-0.2, 0) is 14.8 Å². The average molecular weight is 685 g/mol. The van der Waals surface area contributed by atoms with Crippen molar-refractivity contribution in [1.82, 2.24) is 0 Å². The van der Waals surface area contributed by atoms with Crippen LogP contribution in [0.4, 0.5) is 22.7 Å². The van der Waals surface area contributed by atoms with Crippen molar-refractivity contribution in [1.29, 1.82) is 0 Å². The third-order valence-electron chi connectivity index (χ3n) is 8.57. The molecule has 0 radical (unpaired) electrons. The van der Waals surface area contributed by atoms with Gasteiger partial charge in [-0.1, -0.05) is 56.3 Å². The standard InChI is InChI=1S/C41H40N4O4S/c1-26(2)30-13-15-34(16-14-30)45-50(47,48)36-18-11-29(12-19-36)23-31-25-39(49-5)38(22-27(31)3)43-44-40-28(4)21-32-24-35(17-20-37(32)41(40)46)42-33-9-7-6-8-10-33/h6-26,42,44-46H,1-5H3. The number of sulfonamides is 1. The summed E-state index contributed by atoms with van der Waals surface area (Å²) < 4.78 is 34.4. The summed E-state index contributed by atoms with van der Waals surface area (Å²) in [5, 5.41) is 20.8. The van der Waals surface area contributed by atoms with Crippen molar-refractivity contribution >= 4 is 55.3 Å². The summed E-state index contributed by atoms with van der Waals surface area (Å²) >= 11 is 0. The fraction of sp³-hybridized carbons (Fsp3) is 0.146. The summed E-state index contributed by atoms with van der Waals surface area (Å²) in [6.45, 7) is 8.08. The summed E-state index contributed by atoms with van der Waals surface area (Å²) in [5.74, 6) is 1.01. The SMILES string of the molecule is COC1=CC(=Cc2ccc(S(=O)(=O)Nc3ccc(C(C)C)cc3)cc2)C(C)=CC1=NNc1c(C)cc2cc(Nc3ccccc3)ccc2c1O. The third-order valence-corrected chi connectivity index (χ3v) is 9.97. The molecule has 254 valence electrons. The first-order chi connectivity index (χ1) is 24.0. The van der Waals surface area contributed by atoms with Crippen LogP contribution in [0.5, 0.6) is 5.75 Å². The second kappa shape index (κ2) is 14.4. The number of nitrogens with zero attached hydrogens (tertiary/aromatic N) is 1. The molecular weight excluding hydrogens is 645 g/mol. The highest BCUT2D eigenvalue weighted by Crippen LogP contribution is 2.38. The number of allylic oxidation sites excluding steroid dienone is 4. The molecule has 1 aliphatic carbocycles. The number of fused-ring (bicyclic) bond motifs is 1. The van der Waals surface area contributed by atoms with Gasteiger partial charge in [0.1, 0.15) is 22.9 Å². The van der Waals surface area contributed by atoms with Crippen LogP contribution >= 0.6 is 0 Å². The van der Waals surface area contributed by atoms with Crippen LogP contribution in [0.2, 0.25) is 0 Å². The molecule has 0 bridgehead atoms. The van der Waals surface area contributed by atoms with Gasteiger partial charge in [-0.15, -0.1) is 0 Å². The Balaban J connectivity index is 1.18. The van der Waals surface area contributed by atoms with E-state index in [4.69, 9.17) is 4.74 Å². The molecule has 0 amide bonds. The summed E-state index contributed by atoms with van der Waals surface area (Å²) in [4.78, 5) is 0.175. The molecule has 50 heavy (non-hydrogen) atoms. The number of hydrazone groups is 1. The number of methoxy groups -OCH3 is 1. The maximum absolute atomic E-state index is 13.0. The Morgan fingerprint density at radius 2 is 1.52 bits per heavy atom. The number of hydrogen-bond donors (Lipinski definition) is 4. The van der Waals surface area contributed by atoms with E-state index in [0.717, 1.165) is 44.6 Å². The van der Waals surface area contributed by atoms with Crippen LogP contribution in [0.3, 0.4) is 0 Å². The predicted molar refractivity (Wildman–Crippen MR) is 206 cm³/mol. The van der Waals surface area contributed by atoms with E-state index in [9.17, 15) is 13.5 Å². The van der Waals surface area contributed by atoms with E-state index in [1.165, 1.54) is 0 Å². The maximum Gasteiger partial charge on any atom is 0.261 e. The lowest BCUT2D eigenvalue weighted by Gasteiger charge is -2.17. The summed E-state index contributed by atoms with van der Waals surface area (Å²) in [5.41, 5.74) is 11.2. The van der Waals surface area contributed by atoms with E-state index in [-0.39, 0.29) is 10.6 Å². The molecule has 5 aromatic carbocycles. The Hall–Kier alpha value is -5.80. The Kier molecular flexibility index (Phi) is 9.79. The lowest BCUT2D eigenvalue weighted by Crippen LogP contribution is -2.13. The van der Waals surface area contributed by atoms with Gasteiger partial charge < -0.3 is 15.2 Å². The van der Waals surface area contributed by atoms with Crippen LogP contribution in [0.15, 0.2) is 142 Å². The van der Waals surface area contributed by atoms with Crippen LogP contribution in [0.1, 0.15) is 43.4 Å². The van der Waals surface area contributed by atoms with Crippen molar-refractivity contribution in [3.8, 4) is 5.75 Å². The number of aryl methyl sites for hydroxylation is 1. The number of para-hydroxylation sites is 1. The smallest absolute Gasteiger partial charge is 0.261 e. The summed E-state index contributed by atoms with van der Waals surface area (Å²) in [6.07, 6.45) is 5.75. The number of rotatable bonds is 10. The first-order valence-electron chi connectivity index (χ1n) is 16.3. The van der Waals surface area contributed by atoms with E-state index in [0.29, 0.717) is 34.1 Å². The minimum Gasteiger partial charge on any atom is -0.505 e. The number of phenolic OH excluding ortho intramolecular Hbond substituents is 1. The number of aromatic hydroxyl groups is 1. The molecule has 0 saturated heterocycles. The Morgan fingerprint density at radius 1 is 0.820 bits per heavy atom. The minimum absolute atomic E-state index is 0.111. The van der Waals surface area contributed by atoms with Gasteiger partial charge in [0, 0.05) is 22.4 Å². The van der Waals surface area contributed by atoms with Crippen molar-refractivity contribution in [2.45, 2.75) is 38.5 Å². The summed E-state index contributed by atoms with van der Waals surface area (Å²) in [6, 6.07) is 31.9. The fourth-order valence-corrected chi connectivity index (χ4v) is 6.77. The molecule has 6 rings (SSSR count). The van der Waals surface area contributed by atoms with Crippen molar-refractivity contribution < 1.29 is 18.3 Å². The van der Waals surface area contributed by atoms with Gasteiger partial charge in [-0.3, -0.25) is 10.1 Å². The van der Waals surface area contributed by atoms with Crippen LogP contribution < -0.4 is 15.5 Å². The second-order valence-corrected chi connectivity index (χ2v) is 14.2. The molecule has 8 nitrogen and oxygen atoms in total. The number of anilines is 4. The average Bonchev–Trinajstić information content (AvgIpc) is 3.10. The van der Waals surface area contributed by atoms with Crippen molar-refractivity contribution in [2.24, 2.45) is 5.10 Å². The Labute approximate surface area is 293 Å². The minimum atomic E-state index is -3.75. The molecule has 0 saturated carbocycles. The Bertz CT molecular complexity index is 2270. The van der Waals surface area contributed by atoms with Gasteiger partial charge in [-0.2, -0.15) is 5.10 Å². The fourth-order valence-electron chi connectivity index (χ4n) is 5.72.